The molecule has 1 N–H and O–H groups in total. The molecule has 0 aromatic rings. The second-order valence-corrected chi connectivity index (χ2v) is 5.16. The molecular formula is C12H23N. The Bertz CT molecular complexity index is 163. The number of rotatable bonds is 3. The standard InChI is InChI=1S/C12H23N/c1-9-5-3-4-6-12(9)13-10(2)11-7-8-11/h9-13H,3-8H2,1-2H3/t9-,10+,12+/m1/s1. The van der Waals surface area contributed by atoms with Crippen LogP contribution in [0, 0.1) is 11.8 Å². The fourth-order valence-corrected chi connectivity index (χ4v) is 2.63. The lowest BCUT2D eigenvalue weighted by Crippen LogP contribution is -2.43. The number of hydrogen-bond donors (Lipinski definition) is 1. The van der Waals surface area contributed by atoms with Crippen molar-refractivity contribution in [1.82, 2.24) is 5.32 Å². The van der Waals surface area contributed by atoms with Crippen molar-refractivity contribution in [2.75, 3.05) is 0 Å². The van der Waals surface area contributed by atoms with Gasteiger partial charge in [0.15, 0.2) is 0 Å². The Balaban J connectivity index is 1.77. The van der Waals surface area contributed by atoms with Gasteiger partial charge >= 0.3 is 0 Å². The molecule has 2 rings (SSSR count). The first kappa shape index (κ1) is 9.51. The summed E-state index contributed by atoms with van der Waals surface area (Å²) in [4.78, 5) is 0. The minimum atomic E-state index is 0.783. The van der Waals surface area contributed by atoms with Gasteiger partial charge in [-0.05, 0) is 44.4 Å². The van der Waals surface area contributed by atoms with Crippen LogP contribution in [-0.4, -0.2) is 12.1 Å². The minimum absolute atomic E-state index is 0.783. The highest BCUT2D eigenvalue weighted by atomic mass is 15.0. The van der Waals surface area contributed by atoms with Gasteiger partial charge in [-0.1, -0.05) is 19.8 Å². The molecule has 2 fully saturated rings. The fourth-order valence-electron chi connectivity index (χ4n) is 2.63. The second-order valence-electron chi connectivity index (χ2n) is 5.16. The smallest absolute Gasteiger partial charge is 0.00952 e. The first-order valence-electron chi connectivity index (χ1n) is 6.03. The highest BCUT2D eigenvalue weighted by molar-refractivity contribution is 4.88. The molecule has 1 nitrogen and oxygen atoms in total. The maximum Gasteiger partial charge on any atom is 0.00952 e. The largest absolute Gasteiger partial charge is 0.311 e. The van der Waals surface area contributed by atoms with Gasteiger partial charge in [0.1, 0.15) is 0 Å². The van der Waals surface area contributed by atoms with Gasteiger partial charge in [0, 0.05) is 12.1 Å². The van der Waals surface area contributed by atoms with Crippen LogP contribution in [0.5, 0.6) is 0 Å². The lowest BCUT2D eigenvalue weighted by Gasteiger charge is -2.32. The molecule has 0 saturated heterocycles. The van der Waals surface area contributed by atoms with E-state index in [0.29, 0.717) is 0 Å². The average molecular weight is 181 g/mol. The Morgan fingerprint density at radius 3 is 2.38 bits per heavy atom. The normalized spacial score (nSPS) is 37.4. The summed E-state index contributed by atoms with van der Waals surface area (Å²) in [6, 6.07) is 1.61. The van der Waals surface area contributed by atoms with Crippen molar-refractivity contribution >= 4 is 0 Å². The molecule has 76 valence electrons. The van der Waals surface area contributed by atoms with Crippen LogP contribution in [0.3, 0.4) is 0 Å². The summed E-state index contributed by atoms with van der Waals surface area (Å²) >= 11 is 0. The summed E-state index contributed by atoms with van der Waals surface area (Å²) in [6.07, 6.45) is 8.69. The van der Waals surface area contributed by atoms with Gasteiger partial charge in [-0.15, -0.1) is 0 Å². The van der Waals surface area contributed by atoms with E-state index in [2.05, 4.69) is 19.2 Å². The van der Waals surface area contributed by atoms with Crippen molar-refractivity contribution in [3.05, 3.63) is 0 Å². The van der Waals surface area contributed by atoms with Crippen molar-refractivity contribution in [1.29, 1.82) is 0 Å². The van der Waals surface area contributed by atoms with Gasteiger partial charge in [0.25, 0.3) is 0 Å². The molecule has 2 aliphatic carbocycles. The first-order chi connectivity index (χ1) is 6.27. The van der Waals surface area contributed by atoms with Crippen LogP contribution in [0.4, 0.5) is 0 Å². The van der Waals surface area contributed by atoms with Crippen LogP contribution >= 0.6 is 0 Å². The molecular weight excluding hydrogens is 158 g/mol. The van der Waals surface area contributed by atoms with E-state index in [4.69, 9.17) is 0 Å². The van der Waals surface area contributed by atoms with Gasteiger partial charge in [-0.3, -0.25) is 0 Å². The van der Waals surface area contributed by atoms with E-state index in [0.717, 1.165) is 23.9 Å². The van der Waals surface area contributed by atoms with E-state index in [1.165, 1.54) is 38.5 Å². The molecule has 0 aliphatic heterocycles. The minimum Gasteiger partial charge on any atom is -0.311 e. The topological polar surface area (TPSA) is 12.0 Å². The quantitative estimate of drug-likeness (QED) is 0.706. The van der Waals surface area contributed by atoms with Crippen molar-refractivity contribution in [3.8, 4) is 0 Å². The molecule has 2 aliphatic rings. The first-order valence-corrected chi connectivity index (χ1v) is 6.03. The predicted molar refractivity (Wildman–Crippen MR) is 56.7 cm³/mol. The highest BCUT2D eigenvalue weighted by Crippen LogP contribution is 2.34. The molecule has 0 bridgehead atoms. The molecule has 13 heavy (non-hydrogen) atoms. The van der Waals surface area contributed by atoms with E-state index in [1.54, 1.807) is 0 Å². The zero-order chi connectivity index (χ0) is 9.26. The van der Waals surface area contributed by atoms with Crippen LogP contribution in [0.25, 0.3) is 0 Å². The van der Waals surface area contributed by atoms with Gasteiger partial charge in [-0.2, -0.15) is 0 Å². The Hall–Kier alpha value is -0.0400. The molecule has 0 unspecified atom stereocenters. The molecule has 0 aromatic heterocycles. The highest BCUT2D eigenvalue weighted by Gasteiger charge is 2.31. The molecule has 0 amide bonds. The number of nitrogens with one attached hydrogen (secondary N) is 1. The second kappa shape index (κ2) is 4.00. The van der Waals surface area contributed by atoms with Crippen LogP contribution in [0.1, 0.15) is 52.4 Å². The van der Waals surface area contributed by atoms with Gasteiger partial charge in [-0.25, -0.2) is 0 Å². The summed E-state index contributed by atoms with van der Waals surface area (Å²) in [7, 11) is 0. The Labute approximate surface area is 82.3 Å². The van der Waals surface area contributed by atoms with Gasteiger partial charge in [0.05, 0.1) is 0 Å². The molecule has 0 spiro atoms. The molecule has 0 radical (unpaired) electrons. The van der Waals surface area contributed by atoms with E-state index in [9.17, 15) is 0 Å². The molecule has 1 heteroatoms. The van der Waals surface area contributed by atoms with Crippen molar-refractivity contribution in [2.45, 2.75) is 64.5 Å². The molecule has 0 aromatic carbocycles. The average Bonchev–Trinajstić information content (AvgIpc) is 2.91. The third-order valence-electron chi connectivity index (χ3n) is 3.92. The number of hydrogen-bond acceptors (Lipinski definition) is 1. The van der Waals surface area contributed by atoms with E-state index < -0.39 is 0 Å². The monoisotopic (exact) mass is 181 g/mol. The maximum absolute atomic E-state index is 3.83. The van der Waals surface area contributed by atoms with Crippen molar-refractivity contribution in [2.24, 2.45) is 11.8 Å². The molecule has 2 saturated carbocycles. The van der Waals surface area contributed by atoms with Crippen LogP contribution in [0.2, 0.25) is 0 Å². The van der Waals surface area contributed by atoms with Crippen LogP contribution in [-0.2, 0) is 0 Å². The lowest BCUT2D eigenvalue weighted by atomic mass is 9.85. The fraction of sp³-hybridized carbons (Fsp3) is 1.00. The Morgan fingerprint density at radius 2 is 1.77 bits per heavy atom. The Morgan fingerprint density at radius 1 is 1.08 bits per heavy atom. The van der Waals surface area contributed by atoms with Crippen molar-refractivity contribution in [3.63, 3.8) is 0 Å². The molecule has 3 atom stereocenters. The summed E-state index contributed by atoms with van der Waals surface area (Å²) in [5.41, 5.74) is 0. The van der Waals surface area contributed by atoms with Gasteiger partial charge < -0.3 is 5.32 Å². The van der Waals surface area contributed by atoms with E-state index in [1.807, 2.05) is 0 Å². The third kappa shape index (κ3) is 2.46. The summed E-state index contributed by atoms with van der Waals surface area (Å²) < 4.78 is 0. The van der Waals surface area contributed by atoms with Crippen LogP contribution in [0.15, 0.2) is 0 Å². The summed E-state index contributed by atoms with van der Waals surface area (Å²) in [6.45, 7) is 4.79. The lowest BCUT2D eigenvalue weighted by molar-refractivity contribution is 0.254. The summed E-state index contributed by atoms with van der Waals surface area (Å²) in [5, 5.41) is 3.83. The van der Waals surface area contributed by atoms with Crippen LogP contribution < -0.4 is 5.32 Å². The van der Waals surface area contributed by atoms with Crippen molar-refractivity contribution < 1.29 is 0 Å². The summed E-state index contributed by atoms with van der Waals surface area (Å²) in [5.74, 6) is 1.92. The predicted octanol–water partition coefficient (Wildman–Crippen LogP) is 2.95. The SMILES string of the molecule is C[C@H](N[C@H]1CCCC[C@H]1C)C1CC1. The Kier molecular flexibility index (Phi) is 2.92. The van der Waals surface area contributed by atoms with E-state index in [-0.39, 0.29) is 0 Å². The zero-order valence-electron chi connectivity index (χ0n) is 9.05. The third-order valence-corrected chi connectivity index (χ3v) is 3.92. The molecule has 0 heterocycles. The van der Waals surface area contributed by atoms with E-state index >= 15 is 0 Å². The maximum atomic E-state index is 3.83. The zero-order valence-corrected chi connectivity index (χ0v) is 9.05. The van der Waals surface area contributed by atoms with Gasteiger partial charge in [0.2, 0.25) is 0 Å².